The lowest BCUT2D eigenvalue weighted by Gasteiger charge is -2.31. The quantitative estimate of drug-likeness (QED) is 0.288. The second-order valence-electron chi connectivity index (χ2n) is 9.95. The molecule has 1 aromatic heterocycles. The van der Waals surface area contributed by atoms with Gasteiger partial charge in [0, 0.05) is 29.9 Å². The van der Waals surface area contributed by atoms with Crippen LogP contribution in [0, 0.1) is 11.7 Å². The zero-order valence-electron chi connectivity index (χ0n) is 22.7. The van der Waals surface area contributed by atoms with Gasteiger partial charge in [0.1, 0.15) is 23.1 Å². The van der Waals surface area contributed by atoms with E-state index >= 15 is 0 Å². The molecule has 1 atom stereocenters. The number of Topliss-reactive ketones (excluding diaryl/α,β-unsaturated/α-hetero) is 1. The molecule has 0 aliphatic carbocycles. The van der Waals surface area contributed by atoms with Crippen molar-refractivity contribution in [2.24, 2.45) is 5.92 Å². The topological polar surface area (TPSA) is 73.7 Å². The van der Waals surface area contributed by atoms with E-state index < -0.39 is 0 Å². The van der Waals surface area contributed by atoms with Crippen LogP contribution in [0.15, 0.2) is 79.0 Å². The van der Waals surface area contributed by atoms with Crippen LogP contribution in [0.2, 0.25) is 0 Å². The minimum Gasteiger partial charge on any atom is -0.497 e. The summed E-state index contributed by atoms with van der Waals surface area (Å²) in [4.78, 5) is 32.7. The normalized spacial score (nSPS) is 15.2. The van der Waals surface area contributed by atoms with Crippen LogP contribution >= 0.6 is 0 Å². The Bertz CT molecular complexity index is 1480. The van der Waals surface area contributed by atoms with Crippen LogP contribution in [0.5, 0.6) is 11.5 Å². The van der Waals surface area contributed by atoms with Gasteiger partial charge in [-0.15, -0.1) is 0 Å². The van der Waals surface area contributed by atoms with Crippen LogP contribution in [0.4, 0.5) is 4.39 Å². The highest BCUT2D eigenvalue weighted by Gasteiger charge is 2.30. The summed E-state index contributed by atoms with van der Waals surface area (Å²) in [7, 11) is 3.25. The van der Waals surface area contributed by atoms with Gasteiger partial charge in [0.2, 0.25) is 5.91 Å². The first-order chi connectivity index (χ1) is 19.4. The highest BCUT2D eigenvalue weighted by molar-refractivity contribution is 5.89. The van der Waals surface area contributed by atoms with Gasteiger partial charge in [0.25, 0.3) is 0 Å². The van der Waals surface area contributed by atoms with Crippen molar-refractivity contribution in [2.45, 2.75) is 25.7 Å². The molecule has 4 aromatic rings. The molecule has 0 N–H and O–H groups in total. The van der Waals surface area contributed by atoms with Crippen LogP contribution in [-0.4, -0.2) is 53.5 Å². The number of nitrogens with zero attached hydrogens (tertiary/aromatic N) is 3. The smallest absolute Gasteiger partial charge is 0.230 e. The molecule has 1 amide bonds. The average Bonchev–Trinajstić information content (AvgIpc) is 3.40. The Morgan fingerprint density at radius 1 is 1.00 bits per heavy atom. The molecule has 1 aliphatic rings. The van der Waals surface area contributed by atoms with Crippen molar-refractivity contribution < 1.29 is 23.5 Å². The van der Waals surface area contributed by atoms with E-state index in [-0.39, 0.29) is 36.4 Å². The Morgan fingerprint density at radius 2 is 1.75 bits per heavy atom. The maximum Gasteiger partial charge on any atom is 0.230 e. The molecular weight excluding hydrogens is 509 g/mol. The summed E-state index contributed by atoms with van der Waals surface area (Å²) in [5.74, 6) is 1.57. The van der Waals surface area contributed by atoms with Crippen molar-refractivity contribution in [2.75, 3.05) is 27.3 Å². The van der Waals surface area contributed by atoms with Gasteiger partial charge in [0.05, 0.1) is 32.9 Å². The van der Waals surface area contributed by atoms with Gasteiger partial charge in [-0.25, -0.2) is 9.37 Å². The number of aromatic nitrogens is 2. The second kappa shape index (κ2) is 12.2. The first kappa shape index (κ1) is 27.1. The molecule has 0 spiro atoms. The van der Waals surface area contributed by atoms with Crippen LogP contribution in [0.1, 0.15) is 24.2 Å². The predicted octanol–water partition coefficient (Wildman–Crippen LogP) is 5.29. The molecule has 0 bridgehead atoms. The lowest BCUT2D eigenvalue weighted by atomic mass is 9.89. The molecule has 5 rings (SSSR count). The highest BCUT2D eigenvalue weighted by Crippen LogP contribution is 2.26. The van der Waals surface area contributed by atoms with Crippen LogP contribution < -0.4 is 9.47 Å². The van der Waals surface area contributed by atoms with E-state index in [1.54, 1.807) is 35.8 Å². The average molecular weight is 542 g/mol. The molecule has 1 saturated heterocycles. The van der Waals surface area contributed by atoms with Gasteiger partial charge in [-0.05, 0) is 85.5 Å². The Labute approximate surface area is 233 Å². The summed E-state index contributed by atoms with van der Waals surface area (Å²) in [5, 5.41) is 0. The standard InChI is InChI=1S/C32H32FN3O4/c1-39-27-14-8-23(9-15-27)29-20-36(26-12-10-25(33)11-13-26)31(34-29)19-32(38)35-17-16-24(30(37)21-35)7-6-22-4-3-5-28(18-22)40-2/h3-5,8-15,18,20,24H,6-7,16-17,19,21H2,1-2H3. The summed E-state index contributed by atoms with van der Waals surface area (Å²) in [5.41, 5.74) is 3.37. The third-order valence-corrected chi connectivity index (χ3v) is 7.40. The monoisotopic (exact) mass is 541 g/mol. The number of piperidine rings is 1. The SMILES string of the molecule is COc1ccc(-c2cn(-c3ccc(F)cc3)c(CC(=O)N3CCC(CCc4cccc(OC)c4)C(=O)C3)n2)cc1. The van der Waals surface area contributed by atoms with Crippen molar-refractivity contribution in [3.63, 3.8) is 0 Å². The number of aryl methyl sites for hydroxylation is 1. The minimum atomic E-state index is -0.343. The Balaban J connectivity index is 1.28. The van der Waals surface area contributed by atoms with E-state index in [1.807, 2.05) is 54.7 Å². The summed E-state index contributed by atoms with van der Waals surface area (Å²) in [6.07, 6.45) is 4.03. The number of imidazole rings is 1. The molecule has 7 nitrogen and oxygen atoms in total. The molecular formula is C32H32FN3O4. The predicted molar refractivity (Wildman–Crippen MR) is 150 cm³/mol. The Kier molecular flexibility index (Phi) is 8.24. The number of carbonyl (C=O) groups excluding carboxylic acids is 2. The third-order valence-electron chi connectivity index (χ3n) is 7.40. The number of carbonyl (C=O) groups is 2. The van der Waals surface area contributed by atoms with Crippen LogP contribution in [0.3, 0.4) is 0 Å². The van der Waals surface area contributed by atoms with Crippen LogP contribution in [0.25, 0.3) is 16.9 Å². The maximum absolute atomic E-state index is 13.6. The number of amides is 1. The van der Waals surface area contributed by atoms with E-state index in [2.05, 4.69) is 0 Å². The number of rotatable bonds is 9. The van der Waals surface area contributed by atoms with Crippen molar-refractivity contribution in [1.82, 2.24) is 14.5 Å². The van der Waals surface area contributed by atoms with Crippen LogP contribution in [-0.2, 0) is 22.4 Å². The molecule has 206 valence electrons. The molecule has 40 heavy (non-hydrogen) atoms. The van der Waals surface area contributed by atoms with Gasteiger partial charge >= 0.3 is 0 Å². The third kappa shape index (κ3) is 6.22. The lowest BCUT2D eigenvalue weighted by Crippen LogP contribution is -2.45. The van der Waals surface area contributed by atoms with E-state index in [4.69, 9.17) is 14.5 Å². The van der Waals surface area contributed by atoms with Crippen molar-refractivity contribution in [3.05, 3.63) is 96.2 Å². The number of halogens is 1. The lowest BCUT2D eigenvalue weighted by molar-refractivity contribution is -0.139. The van der Waals surface area contributed by atoms with Crippen molar-refractivity contribution >= 4 is 11.7 Å². The molecule has 0 radical (unpaired) electrons. The number of ketones is 1. The number of ether oxygens (including phenoxy) is 2. The van der Waals surface area contributed by atoms with Gasteiger partial charge in [-0.2, -0.15) is 0 Å². The van der Waals surface area contributed by atoms with Crippen molar-refractivity contribution in [3.8, 4) is 28.4 Å². The summed E-state index contributed by atoms with van der Waals surface area (Å²) in [6, 6.07) is 21.4. The molecule has 1 fully saturated rings. The molecule has 2 heterocycles. The summed E-state index contributed by atoms with van der Waals surface area (Å²) in [6.45, 7) is 0.625. The fourth-order valence-corrected chi connectivity index (χ4v) is 5.07. The maximum atomic E-state index is 13.6. The molecule has 3 aromatic carbocycles. The van der Waals surface area contributed by atoms with E-state index in [9.17, 15) is 14.0 Å². The van der Waals surface area contributed by atoms with Gasteiger partial charge < -0.3 is 18.9 Å². The first-order valence-corrected chi connectivity index (χ1v) is 13.4. The van der Waals surface area contributed by atoms with E-state index in [1.165, 1.54) is 12.1 Å². The van der Waals surface area contributed by atoms with Crippen molar-refractivity contribution in [1.29, 1.82) is 0 Å². The highest BCUT2D eigenvalue weighted by atomic mass is 19.1. The fraction of sp³-hybridized carbons (Fsp3) is 0.281. The number of methoxy groups -OCH3 is 2. The second-order valence-corrected chi connectivity index (χ2v) is 9.95. The zero-order valence-corrected chi connectivity index (χ0v) is 22.7. The Hall–Kier alpha value is -4.46. The van der Waals surface area contributed by atoms with Gasteiger partial charge in [-0.1, -0.05) is 12.1 Å². The van der Waals surface area contributed by atoms with Gasteiger partial charge in [-0.3, -0.25) is 9.59 Å². The molecule has 0 saturated carbocycles. The molecule has 8 heteroatoms. The van der Waals surface area contributed by atoms with Gasteiger partial charge in [0.15, 0.2) is 5.78 Å². The molecule has 1 unspecified atom stereocenters. The first-order valence-electron chi connectivity index (χ1n) is 13.4. The minimum absolute atomic E-state index is 0.0231. The number of hydrogen-bond acceptors (Lipinski definition) is 5. The summed E-state index contributed by atoms with van der Waals surface area (Å²) >= 11 is 0. The Morgan fingerprint density at radius 3 is 2.45 bits per heavy atom. The molecule has 1 aliphatic heterocycles. The number of hydrogen-bond donors (Lipinski definition) is 0. The summed E-state index contributed by atoms with van der Waals surface area (Å²) < 4.78 is 26.0. The van der Waals surface area contributed by atoms with E-state index in [0.717, 1.165) is 35.5 Å². The number of likely N-dealkylation sites (tertiary alicyclic amines) is 1. The zero-order chi connectivity index (χ0) is 28.1. The largest absolute Gasteiger partial charge is 0.497 e. The van der Waals surface area contributed by atoms with E-state index in [0.29, 0.717) is 30.2 Å². The fourth-order valence-electron chi connectivity index (χ4n) is 5.07. The number of benzene rings is 3.